The molecular weight excluding hydrogens is 350 g/mol. The SMILES string of the molecule is O=C1COc2ccc(C(=O)COc3ccccc3Br)cc2N1. The van der Waals surface area contributed by atoms with Crippen molar-refractivity contribution in [2.45, 2.75) is 0 Å². The van der Waals surface area contributed by atoms with Gasteiger partial charge in [-0.15, -0.1) is 0 Å². The molecule has 2 aromatic carbocycles. The molecule has 0 bridgehead atoms. The van der Waals surface area contributed by atoms with E-state index in [-0.39, 0.29) is 24.9 Å². The molecule has 1 heterocycles. The van der Waals surface area contributed by atoms with E-state index < -0.39 is 0 Å². The van der Waals surface area contributed by atoms with E-state index in [0.717, 1.165) is 4.47 Å². The van der Waals surface area contributed by atoms with Crippen LogP contribution in [0.3, 0.4) is 0 Å². The van der Waals surface area contributed by atoms with E-state index in [4.69, 9.17) is 9.47 Å². The Hall–Kier alpha value is -2.34. The largest absolute Gasteiger partial charge is 0.484 e. The second kappa shape index (κ2) is 6.19. The third-order valence-electron chi connectivity index (χ3n) is 3.13. The summed E-state index contributed by atoms with van der Waals surface area (Å²) < 4.78 is 11.5. The summed E-state index contributed by atoms with van der Waals surface area (Å²) in [6.07, 6.45) is 0. The van der Waals surface area contributed by atoms with E-state index in [1.54, 1.807) is 24.3 Å². The van der Waals surface area contributed by atoms with Crippen molar-refractivity contribution >= 4 is 33.3 Å². The molecule has 0 radical (unpaired) electrons. The molecule has 0 atom stereocenters. The van der Waals surface area contributed by atoms with Crippen LogP contribution in [0.5, 0.6) is 11.5 Å². The van der Waals surface area contributed by atoms with Crippen LogP contribution in [0, 0.1) is 0 Å². The maximum absolute atomic E-state index is 12.2. The topological polar surface area (TPSA) is 64.6 Å². The fourth-order valence-electron chi connectivity index (χ4n) is 2.04. The van der Waals surface area contributed by atoms with Gasteiger partial charge in [-0.3, -0.25) is 9.59 Å². The lowest BCUT2D eigenvalue weighted by Crippen LogP contribution is -2.25. The summed E-state index contributed by atoms with van der Waals surface area (Å²) in [5.41, 5.74) is 0.958. The molecule has 22 heavy (non-hydrogen) atoms. The summed E-state index contributed by atoms with van der Waals surface area (Å²) in [5, 5.41) is 2.67. The first-order chi connectivity index (χ1) is 10.6. The number of hydrogen-bond donors (Lipinski definition) is 1. The number of ketones is 1. The van der Waals surface area contributed by atoms with Crippen molar-refractivity contribution in [3.8, 4) is 11.5 Å². The smallest absolute Gasteiger partial charge is 0.262 e. The molecule has 1 aliphatic rings. The Balaban J connectivity index is 1.72. The van der Waals surface area contributed by atoms with E-state index in [9.17, 15) is 9.59 Å². The first kappa shape index (κ1) is 14.6. The van der Waals surface area contributed by atoms with Crippen LogP contribution in [0.2, 0.25) is 0 Å². The van der Waals surface area contributed by atoms with Crippen LogP contribution in [0.1, 0.15) is 10.4 Å². The zero-order valence-electron chi connectivity index (χ0n) is 11.5. The third kappa shape index (κ3) is 3.12. The van der Waals surface area contributed by atoms with Crippen molar-refractivity contribution in [1.82, 2.24) is 0 Å². The van der Waals surface area contributed by atoms with Crippen molar-refractivity contribution in [2.75, 3.05) is 18.5 Å². The minimum Gasteiger partial charge on any atom is -0.484 e. The molecule has 0 unspecified atom stereocenters. The first-order valence-corrected chi connectivity index (χ1v) is 7.40. The molecule has 0 saturated heterocycles. The van der Waals surface area contributed by atoms with E-state index in [0.29, 0.717) is 22.7 Å². The highest BCUT2D eigenvalue weighted by atomic mass is 79.9. The van der Waals surface area contributed by atoms with Crippen LogP contribution in [-0.2, 0) is 4.79 Å². The third-order valence-corrected chi connectivity index (χ3v) is 3.78. The minimum absolute atomic E-state index is 0.00849. The van der Waals surface area contributed by atoms with Crippen molar-refractivity contribution < 1.29 is 19.1 Å². The number of Topliss-reactive ketones (excluding diaryl/α,β-unsaturated/α-hetero) is 1. The molecule has 0 aromatic heterocycles. The molecule has 0 saturated carbocycles. The quantitative estimate of drug-likeness (QED) is 0.850. The minimum atomic E-state index is -0.235. The van der Waals surface area contributed by atoms with Crippen molar-refractivity contribution in [3.05, 3.63) is 52.5 Å². The van der Waals surface area contributed by atoms with Gasteiger partial charge >= 0.3 is 0 Å². The van der Waals surface area contributed by atoms with Gasteiger partial charge in [0, 0.05) is 5.56 Å². The van der Waals surface area contributed by atoms with Crippen molar-refractivity contribution in [2.24, 2.45) is 0 Å². The highest BCUT2D eigenvalue weighted by molar-refractivity contribution is 9.10. The average molecular weight is 362 g/mol. The molecule has 0 fully saturated rings. The predicted octanol–water partition coefficient (Wildman–Crippen LogP) is 3.04. The summed E-state index contributed by atoms with van der Waals surface area (Å²) in [6, 6.07) is 12.2. The monoisotopic (exact) mass is 361 g/mol. The summed E-state index contributed by atoms with van der Waals surface area (Å²) in [6.45, 7) is -0.0956. The number of anilines is 1. The molecule has 0 spiro atoms. The van der Waals surface area contributed by atoms with Gasteiger partial charge in [0.25, 0.3) is 5.91 Å². The molecule has 0 aliphatic carbocycles. The summed E-state index contributed by atoms with van der Waals surface area (Å²) in [5.74, 6) is 0.744. The van der Waals surface area contributed by atoms with Crippen LogP contribution >= 0.6 is 15.9 Å². The van der Waals surface area contributed by atoms with E-state index in [2.05, 4.69) is 21.2 Å². The number of amides is 1. The summed E-state index contributed by atoms with van der Waals surface area (Å²) in [4.78, 5) is 23.5. The summed E-state index contributed by atoms with van der Waals surface area (Å²) >= 11 is 3.36. The molecular formula is C16H12BrNO4. The highest BCUT2D eigenvalue weighted by Crippen LogP contribution is 2.29. The molecule has 6 heteroatoms. The van der Waals surface area contributed by atoms with Crippen molar-refractivity contribution in [3.63, 3.8) is 0 Å². The fraction of sp³-hybridized carbons (Fsp3) is 0.125. The first-order valence-electron chi connectivity index (χ1n) is 6.61. The fourth-order valence-corrected chi connectivity index (χ4v) is 2.44. The zero-order chi connectivity index (χ0) is 15.5. The average Bonchev–Trinajstić information content (AvgIpc) is 2.53. The predicted molar refractivity (Wildman–Crippen MR) is 84.5 cm³/mol. The van der Waals surface area contributed by atoms with Gasteiger partial charge in [-0.25, -0.2) is 0 Å². The number of hydrogen-bond acceptors (Lipinski definition) is 4. The maximum atomic E-state index is 12.2. The van der Waals surface area contributed by atoms with Crippen LogP contribution < -0.4 is 14.8 Å². The molecule has 1 N–H and O–H groups in total. The van der Waals surface area contributed by atoms with Crippen LogP contribution in [0.25, 0.3) is 0 Å². The number of benzene rings is 2. The molecule has 1 amide bonds. The number of carbonyl (C=O) groups excluding carboxylic acids is 2. The second-order valence-electron chi connectivity index (χ2n) is 4.69. The van der Waals surface area contributed by atoms with Gasteiger partial charge in [0.1, 0.15) is 11.5 Å². The number of ether oxygens (including phenoxy) is 2. The number of rotatable bonds is 4. The van der Waals surface area contributed by atoms with Gasteiger partial charge in [-0.1, -0.05) is 12.1 Å². The Bertz CT molecular complexity index is 745. The van der Waals surface area contributed by atoms with E-state index >= 15 is 0 Å². The van der Waals surface area contributed by atoms with Gasteiger partial charge in [-0.2, -0.15) is 0 Å². The maximum Gasteiger partial charge on any atom is 0.262 e. The number of nitrogens with one attached hydrogen (secondary N) is 1. The molecule has 5 nitrogen and oxygen atoms in total. The molecule has 3 rings (SSSR count). The number of fused-ring (bicyclic) bond motifs is 1. The van der Waals surface area contributed by atoms with Gasteiger partial charge < -0.3 is 14.8 Å². The van der Waals surface area contributed by atoms with Gasteiger partial charge in [-0.05, 0) is 46.3 Å². The summed E-state index contributed by atoms with van der Waals surface area (Å²) in [7, 11) is 0. The normalized spacial score (nSPS) is 12.9. The van der Waals surface area contributed by atoms with E-state index in [1.807, 2.05) is 18.2 Å². The number of halogens is 1. The molecule has 112 valence electrons. The Morgan fingerprint density at radius 2 is 2.09 bits per heavy atom. The Labute approximate surface area is 135 Å². The van der Waals surface area contributed by atoms with E-state index in [1.165, 1.54) is 0 Å². The Morgan fingerprint density at radius 1 is 1.27 bits per heavy atom. The lowest BCUT2D eigenvalue weighted by Gasteiger charge is -2.18. The van der Waals surface area contributed by atoms with Crippen LogP contribution in [0.15, 0.2) is 46.9 Å². The van der Waals surface area contributed by atoms with Gasteiger partial charge in [0.2, 0.25) is 0 Å². The van der Waals surface area contributed by atoms with Gasteiger partial charge in [0.05, 0.1) is 10.2 Å². The zero-order valence-corrected chi connectivity index (χ0v) is 13.1. The molecule has 2 aromatic rings. The lowest BCUT2D eigenvalue weighted by molar-refractivity contribution is -0.118. The number of para-hydroxylation sites is 1. The van der Waals surface area contributed by atoms with Crippen LogP contribution in [0.4, 0.5) is 5.69 Å². The van der Waals surface area contributed by atoms with Gasteiger partial charge in [0.15, 0.2) is 19.0 Å². The van der Waals surface area contributed by atoms with Crippen LogP contribution in [-0.4, -0.2) is 24.9 Å². The second-order valence-corrected chi connectivity index (χ2v) is 5.54. The Morgan fingerprint density at radius 3 is 2.91 bits per heavy atom. The standard InChI is InChI=1S/C16H12BrNO4/c17-11-3-1-2-4-14(11)21-8-13(19)10-5-6-15-12(7-10)18-16(20)9-22-15/h1-7H,8-9H2,(H,18,20). The Kier molecular flexibility index (Phi) is 4.11. The molecule has 1 aliphatic heterocycles. The number of carbonyl (C=O) groups is 2. The lowest BCUT2D eigenvalue weighted by atomic mass is 10.1. The highest BCUT2D eigenvalue weighted by Gasteiger charge is 2.18. The van der Waals surface area contributed by atoms with Crippen molar-refractivity contribution in [1.29, 1.82) is 0 Å².